The molecule has 1 amide bonds. The van der Waals surface area contributed by atoms with Gasteiger partial charge in [0, 0.05) is 12.3 Å². The first-order valence-electron chi connectivity index (χ1n) is 7.27. The van der Waals surface area contributed by atoms with Gasteiger partial charge in [-0.2, -0.15) is 0 Å². The summed E-state index contributed by atoms with van der Waals surface area (Å²) >= 11 is 0. The molecule has 1 aromatic heterocycles. The molecule has 3 rings (SSSR count). The maximum Gasteiger partial charge on any atom is 0.269 e. The van der Waals surface area contributed by atoms with Crippen molar-refractivity contribution in [3.8, 4) is 17.2 Å². The molecule has 1 aromatic carbocycles. The van der Waals surface area contributed by atoms with E-state index in [1.54, 1.807) is 44.4 Å². The molecule has 0 bridgehead atoms. The lowest BCUT2D eigenvalue weighted by Crippen LogP contribution is -2.44. The minimum absolute atomic E-state index is 0.127. The second-order valence-corrected chi connectivity index (χ2v) is 5.23. The van der Waals surface area contributed by atoms with Gasteiger partial charge in [-0.25, -0.2) is 4.98 Å². The minimum atomic E-state index is -0.542. The standard InChI is InChI=1S/C17H18N2O4/c1-11-17(20)19(16-15(23-11)5-4-6-18-16)10-12-7-13(21-2)9-14(8-12)22-3/h4-9,11H,10H2,1-3H3. The lowest BCUT2D eigenvalue weighted by Gasteiger charge is -2.31. The number of hydrogen-bond donors (Lipinski definition) is 0. The third-order valence-electron chi connectivity index (χ3n) is 3.68. The van der Waals surface area contributed by atoms with Gasteiger partial charge in [0.05, 0.1) is 20.8 Å². The third kappa shape index (κ3) is 2.92. The number of carbonyl (C=O) groups is 1. The van der Waals surface area contributed by atoms with Crippen LogP contribution in [0, 0.1) is 0 Å². The lowest BCUT2D eigenvalue weighted by molar-refractivity contribution is -0.125. The van der Waals surface area contributed by atoms with Crippen molar-refractivity contribution in [2.45, 2.75) is 19.6 Å². The molecular weight excluding hydrogens is 296 g/mol. The Hall–Kier alpha value is -2.76. The highest BCUT2D eigenvalue weighted by atomic mass is 16.5. The van der Waals surface area contributed by atoms with Crippen molar-refractivity contribution in [2.75, 3.05) is 19.1 Å². The summed E-state index contributed by atoms with van der Waals surface area (Å²) in [5, 5.41) is 0. The Balaban J connectivity index is 1.97. The Morgan fingerprint density at radius 3 is 2.57 bits per heavy atom. The van der Waals surface area contributed by atoms with E-state index in [9.17, 15) is 4.79 Å². The minimum Gasteiger partial charge on any atom is -0.497 e. The number of pyridine rings is 1. The highest BCUT2D eigenvalue weighted by molar-refractivity contribution is 5.98. The average molecular weight is 314 g/mol. The Kier molecular flexibility index (Phi) is 4.06. The van der Waals surface area contributed by atoms with E-state index in [1.807, 2.05) is 18.2 Å². The number of fused-ring (bicyclic) bond motifs is 1. The molecule has 1 aliphatic heterocycles. The van der Waals surface area contributed by atoms with Gasteiger partial charge in [-0.3, -0.25) is 9.69 Å². The van der Waals surface area contributed by atoms with Crippen molar-refractivity contribution in [1.82, 2.24) is 4.98 Å². The highest BCUT2D eigenvalue weighted by Crippen LogP contribution is 2.33. The SMILES string of the molecule is COc1cc(CN2C(=O)C(C)Oc3cccnc32)cc(OC)c1. The van der Waals surface area contributed by atoms with Crippen LogP contribution in [0.25, 0.3) is 0 Å². The van der Waals surface area contributed by atoms with Crippen LogP contribution in [0.5, 0.6) is 17.2 Å². The van der Waals surface area contributed by atoms with E-state index in [0.717, 1.165) is 5.56 Å². The summed E-state index contributed by atoms with van der Waals surface area (Å²) in [5.41, 5.74) is 0.889. The maximum atomic E-state index is 12.5. The van der Waals surface area contributed by atoms with E-state index in [-0.39, 0.29) is 5.91 Å². The van der Waals surface area contributed by atoms with Crippen LogP contribution in [-0.2, 0) is 11.3 Å². The number of nitrogens with zero attached hydrogens (tertiary/aromatic N) is 2. The Labute approximate surface area is 134 Å². The molecule has 6 nitrogen and oxygen atoms in total. The van der Waals surface area contributed by atoms with E-state index in [1.165, 1.54) is 0 Å². The Morgan fingerprint density at radius 1 is 1.22 bits per heavy atom. The van der Waals surface area contributed by atoms with Crippen molar-refractivity contribution in [3.63, 3.8) is 0 Å². The highest BCUT2D eigenvalue weighted by Gasteiger charge is 2.32. The van der Waals surface area contributed by atoms with Crippen LogP contribution >= 0.6 is 0 Å². The molecule has 0 saturated carbocycles. The number of aromatic nitrogens is 1. The number of hydrogen-bond acceptors (Lipinski definition) is 5. The molecule has 23 heavy (non-hydrogen) atoms. The summed E-state index contributed by atoms with van der Waals surface area (Å²) in [6.45, 7) is 2.10. The molecule has 6 heteroatoms. The van der Waals surface area contributed by atoms with Gasteiger partial charge in [0.25, 0.3) is 5.91 Å². The molecule has 120 valence electrons. The van der Waals surface area contributed by atoms with E-state index in [0.29, 0.717) is 29.6 Å². The Morgan fingerprint density at radius 2 is 1.91 bits per heavy atom. The van der Waals surface area contributed by atoms with Crippen LogP contribution in [0.3, 0.4) is 0 Å². The zero-order valence-electron chi connectivity index (χ0n) is 13.3. The Bertz CT molecular complexity index is 710. The first-order valence-corrected chi connectivity index (χ1v) is 7.27. The zero-order chi connectivity index (χ0) is 16.4. The van der Waals surface area contributed by atoms with Crippen LogP contribution in [0.15, 0.2) is 36.5 Å². The summed E-state index contributed by atoms with van der Waals surface area (Å²) in [7, 11) is 3.19. The second-order valence-electron chi connectivity index (χ2n) is 5.23. The summed E-state index contributed by atoms with van der Waals surface area (Å²) in [5.74, 6) is 2.36. The molecular formula is C17H18N2O4. The number of carbonyl (C=O) groups excluding carboxylic acids is 1. The molecule has 2 aromatic rings. The topological polar surface area (TPSA) is 60.9 Å². The number of ether oxygens (including phenoxy) is 3. The molecule has 1 aliphatic rings. The predicted octanol–water partition coefficient (Wildman–Crippen LogP) is 2.41. The summed E-state index contributed by atoms with van der Waals surface area (Å²) in [6.07, 6.45) is 1.10. The molecule has 0 spiro atoms. The zero-order valence-corrected chi connectivity index (χ0v) is 13.3. The van der Waals surface area contributed by atoms with E-state index < -0.39 is 6.10 Å². The van der Waals surface area contributed by atoms with E-state index in [4.69, 9.17) is 14.2 Å². The van der Waals surface area contributed by atoms with Crippen molar-refractivity contribution in [2.24, 2.45) is 0 Å². The molecule has 1 atom stereocenters. The van der Waals surface area contributed by atoms with Crippen molar-refractivity contribution >= 4 is 11.7 Å². The summed E-state index contributed by atoms with van der Waals surface area (Å²) < 4.78 is 16.2. The van der Waals surface area contributed by atoms with E-state index >= 15 is 0 Å². The van der Waals surface area contributed by atoms with Crippen molar-refractivity contribution in [3.05, 3.63) is 42.1 Å². The molecule has 1 unspecified atom stereocenters. The molecule has 0 saturated heterocycles. The second kappa shape index (κ2) is 6.16. The van der Waals surface area contributed by atoms with Gasteiger partial charge in [0.2, 0.25) is 0 Å². The summed E-state index contributed by atoms with van der Waals surface area (Å²) in [6, 6.07) is 9.13. The van der Waals surface area contributed by atoms with Crippen LogP contribution in [0.4, 0.5) is 5.82 Å². The van der Waals surface area contributed by atoms with Crippen molar-refractivity contribution < 1.29 is 19.0 Å². The van der Waals surface area contributed by atoms with Gasteiger partial charge in [-0.1, -0.05) is 0 Å². The maximum absolute atomic E-state index is 12.5. The molecule has 0 radical (unpaired) electrons. The van der Waals surface area contributed by atoms with Crippen molar-refractivity contribution in [1.29, 1.82) is 0 Å². The third-order valence-corrected chi connectivity index (χ3v) is 3.68. The lowest BCUT2D eigenvalue weighted by atomic mass is 10.1. The van der Waals surface area contributed by atoms with Gasteiger partial charge in [-0.15, -0.1) is 0 Å². The quantitative estimate of drug-likeness (QED) is 0.867. The summed E-state index contributed by atoms with van der Waals surface area (Å²) in [4.78, 5) is 18.4. The fourth-order valence-electron chi connectivity index (χ4n) is 2.53. The number of anilines is 1. The normalized spacial score (nSPS) is 16.6. The number of amides is 1. The first kappa shape index (κ1) is 15.1. The van der Waals surface area contributed by atoms with E-state index in [2.05, 4.69) is 4.98 Å². The number of rotatable bonds is 4. The predicted molar refractivity (Wildman–Crippen MR) is 85.1 cm³/mol. The van der Waals surface area contributed by atoms with Crippen LogP contribution in [-0.4, -0.2) is 31.2 Å². The monoisotopic (exact) mass is 314 g/mol. The molecule has 2 heterocycles. The number of benzene rings is 1. The fourth-order valence-corrected chi connectivity index (χ4v) is 2.53. The molecule has 0 aliphatic carbocycles. The van der Waals surface area contributed by atoms with Gasteiger partial charge >= 0.3 is 0 Å². The number of methoxy groups -OCH3 is 2. The van der Waals surface area contributed by atoms with Gasteiger partial charge in [0.15, 0.2) is 17.7 Å². The van der Waals surface area contributed by atoms with Crippen LogP contribution in [0.2, 0.25) is 0 Å². The smallest absolute Gasteiger partial charge is 0.269 e. The fraction of sp³-hybridized carbons (Fsp3) is 0.294. The largest absolute Gasteiger partial charge is 0.497 e. The van der Waals surface area contributed by atoms with Crippen LogP contribution in [0.1, 0.15) is 12.5 Å². The first-order chi connectivity index (χ1) is 11.1. The average Bonchev–Trinajstić information content (AvgIpc) is 2.58. The van der Waals surface area contributed by atoms with Gasteiger partial charge in [-0.05, 0) is 36.8 Å². The van der Waals surface area contributed by atoms with Crippen LogP contribution < -0.4 is 19.1 Å². The van der Waals surface area contributed by atoms with Gasteiger partial charge in [0.1, 0.15) is 11.5 Å². The van der Waals surface area contributed by atoms with Gasteiger partial charge < -0.3 is 14.2 Å². The molecule has 0 N–H and O–H groups in total. The molecule has 0 fully saturated rings.